The van der Waals surface area contributed by atoms with Crippen LogP contribution < -0.4 is 0 Å². The number of rotatable bonds is 6. The summed E-state index contributed by atoms with van der Waals surface area (Å²) < 4.78 is 13.0. The number of benzene rings is 7. The van der Waals surface area contributed by atoms with Crippen molar-refractivity contribution in [3.05, 3.63) is 182 Å². The number of hydrogen-bond donors (Lipinski definition) is 0. The quantitative estimate of drug-likeness (QED) is 0.170. The van der Waals surface area contributed by atoms with E-state index in [1.165, 1.54) is 0 Å². The molecule has 0 N–H and O–H groups in total. The molecule has 56 heavy (non-hydrogen) atoms. The number of hydrogen-bond acceptors (Lipinski definition) is 6. The van der Waals surface area contributed by atoms with E-state index in [9.17, 15) is 0 Å². The second kappa shape index (κ2) is 13.0. The molecule has 6 heteroatoms. The van der Waals surface area contributed by atoms with Gasteiger partial charge in [0.1, 0.15) is 33.6 Å². The lowest BCUT2D eigenvalue weighted by atomic mass is 10.0. The minimum absolute atomic E-state index is 0.618. The summed E-state index contributed by atoms with van der Waals surface area (Å²) in [5.74, 6) is 1.24. The molecule has 0 aliphatic rings. The van der Waals surface area contributed by atoms with Crippen LogP contribution in [0.5, 0.6) is 0 Å². The van der Waals surface area contributed by atoms with E-state index in [1.54, 1.807) is 0 Å². The van der Waals surface area contributed by atoms with Gasteiger partial charge in [0.15, 0.2) is 22.8 Å². The Morgan fingerprint density at radius 3 is 1.09 bits per heavy atom. The molecule has 0 aliphatic heterocycles. The van der Waals surface area contributed by atoms with Gasteiger partial charge in [0.25, 0.3) is 0 Å². The van der Waals surface area contributed by atoms with E-state index in [4.69, 9.17) is 28.8 Å². The molecule has 11 aromatic rings. The van der Waals surface area contributed by atoms with Crippen molar-refractivity contribution in [3.63, 3.8) is 0 Å². The molecule has 6 nitrogen and oxygen atoms in total. The Bertz CT molecular complexity index is 3010. The fourth-order valence-corrected chi connectivity index (χ4v) is 7.53. The van der Waals surface area contributed by atoms with Gasteiger partial charge < -0.3 is 8.83 Å². The predicted molar refractivity (Wildman–Crippen MR) is 225 cm³/mol. The van der Waals surface area contributed by atoms with Crippen molar-refractivity contribution in [2.45, 2.75) is 0 Å². The average Bonchev–Trinajstić information content (AvgIpc) is 3.85. The Kier molecular flexibility index (Phi) is 7.38. The van der Waals surface area contributed by atoms with Crippen LogP contribution in [0.4, 0.5) is 0 Å². The molecular weight excluding hydrogens is 689 g/mol. The monoisotopic (exact) mass is 718 g/mol. The fraction of sp³-hybridized carbons (Fsp3) is 0. The number of aromatic nitrogens is 4. The lowest BCUT2D eigenvalue weighted by Gasteiger charge is -2.10. The van der Waals surface area contributed by atoms with E-state index in [0.29, 0.717) is 34.2 Å². The van der Waals surface area contributed by atoms with Crippen LogP contribution in [0, 0.1) is 0 Å². The molecule has 0 amide bonds. The Morgan fingerprint density at radius 2 is 0.643 bits per heavy atom. The molecule has 11 rings (SSSR count). The van der Waals surface area contributed by atoms with Gasteiger partial charge in [0.05, 0.1) is 0 Å². The van der Waals surface area contributed by atoms with Crippen LogP contribution in [0.3, 0.4) is 0 Å². The number of furan rings is 2. The van der Waals surface area contributed by atoms with Gasteiger partial charge in [-0.3, -0.25) is 0 Å². The van der Waals surface area contributed by atoms with Crippen molar-refractivity contribution in [3.8, 4) is 67.5 Å². The van der Waals surface area contributed by atoms with E-state index in [0.717, 1.165) is 77.5 Å². The first-order valence-corrected chi connectivity index (χ1v) is 18.5. The largest absolute Gasteiger partial charge is 0.452 e. The van der Waals surface area contributed by atoms with Crippen LogP contribution in [0.2, 0.25) is 0 Å². The zero-order valence-electron chi connectivity index (χ0n) is 29.9. The van der Waals surface area contributed by atoms with E-state index >= 15 is 0 Å². The molecule has 0 fully saturated rings. The Hall–Kier alpha value is -7.70. The third kappa shape index (κ3) is 5.43. The van der Waals surface area contributed by atoms with Crippen molar-refractivity contribution >= 4 is 44.1 Å². The van der Waals surface area contributed by atoms with E-state index < -0.39 is 0 Å². The summed E-state index contributed by atoms with van der Waals surface area (Å²) in [6.45, 7) is 0. The van der Waals surface area contributed by atoms with E-state index in [2.05, 4.69) is 115 Å². The van der Waals surface area contributed by atoms with Crippen molar-refractivity contribution in [1.82, 2.24) is 19.9 Å². The number of fused-ring (bicyclic) bond motifs is 6. The standard InChI is InChI=1S/C50H30N4O2/c1-3-12-31(13-4-1)33-22-26-35(27-23-33)49-51-43(47-45(53-49)39-18-7-9-20-41(39)55-47)37-16-11-17-38(30-37)44-48-46(40-19-8-10-21-42(40)56-48)54-50(52-44)36-28-24-34(25-29-36)32-14-5-2-6-15-32/h1-30H. The highest BCUT2D eigenvalue weighted by atomic mass is 16.3. The van der Waals surface area contributed by atoms with Crippen LogP contribution in [0.25, 0.3) is 112 Å². The Labute approximate surface area is 321 Å². The SMILES string of the molecule is c1ccc(-c2ccc(-c3nc(-c4cccc(-c5nc(-c6ccc(-c7ccccc7)cc6)nc6c5oc5ccccc56)c4)c4oc5ccccc5c4n3)cc2)cc1. The van der Waals surface area contributed by atoms with Crippen LogP contribution in [0.1, 0.15) is 0 Å². The highest BCUT2D eigenvalue weighted by Gasteiger charge is 2.21. The Morgan fingerprint density at radius 1 is 0.286 bits per heavy atom. The topological polar surface area (TPSA) is 77.8 Å². The maximum atomic E-state index is 6.51. The van der Waals surface area contributed by atoms with Crippen LogP contribution in [0.15, 0.2) is 191 Å². The molecule has 0 saturated heterocycles. The third-order valence-electron chi connectivity index (χ3n) is 10.3. The second-order valence-corrected chi connectivity index (χ2v) is 13.8. The van der Waals surface area contributed by atoms with Gasteiger partial charge in [-0.25, -0.2) is 19.9 Å². The van der Waals surface area contributed by atoms with Gasteiger partial charge >= 0.3 is 0 Å². The first kappa shape index (κ1) is 31.8. The molecule has 0 bridgehead atoms. The molecule has 0 spiro atoms. The minimum Gasteiger partial charge on any atom is -0.452 e. The molecule has 4 aromatic heterocycles. The maximum absolute atomic E-state index is 6.51. The zero-order chi connectivity index (χ0) is 37.0. The average molecular weight is 719 g/mol. The van der Waals surface area contributed by atoms with Crippen LogP contribution in [-0.4, -0.2) is 19.9 Å². The maximum Gasteiger partial charge on any atom is 0.180 e. The number of nitrogens with zero attached hydrogens (tertiary/aromatic N) is 4. The third-order valence-corrected chi connectivity index (χ3v) is 10.3. The van der Waals surface area contributed by atoms with E-state index in [-0.39, 0.29) is 0 Å². The molecule has 0 aliphatic carbocycles. The predicted octanol–water partition coefficient (Wildman–Crippen LogP) is 13.1. The summed E-state index contributed by atoms with van der Waals surface area (Å²) in [7, 11) is 0. The molecule has 0 radical (unpaired) electrons. The van der Waals surface area contributed by atoms with Crippen molar-refractivity contribution in [2.24, 2.45) is 0 Å². The van der Waals surface area contributed by atoms with Crippen molar-refractivity contribution in [2.75, 3.05) is 0 Å². The van der Waals surface area contributed by atoms with Crippen LogP contribution in [-0.2, 0) is 0 Å². The molecule has 0 atom stereocenters. The summed E-state index contributed by atoms with van der Waals surface area (Å²) in [4.78, 5) is 20.6. The highest BCUT2D eigenvalue weighted by molar-refractivity contribution is 6.09. The van der Waals surface area contributed by atoms with Crippen LogP contribution >= 0.6 is 0 Å². The van der Waals surface area contributed by atoms with Gasteiger partial charge in [0, 0.05) is 33.0 Å². The first-order valence-electron chi connectivity index (χ1n) is 18.5. The van der Waals surface area contributed by atoms with Crippen molar-refractivity contribution in [1.29, 1.82) is 0 Å². The molecule has 0 saturated carbocycles. The first-order chi connectivity index (χ1) is 27.7. The van der Waals surface area contributed by atoms with Gasteiger partial charge in [-0.1, -0.05) is 152 Å². The molecule has 262 valence electrons. The minimum atomic E-state index is 0.618. The van der Waals surface area contributed by atoms with Gasteiger partial charge in [-0.2, -0.15) is 0 Å². The summed E-state index contributed by atoms with van der Waals surface area (Å²) >= 11 is 0. The second-order valence-electron chi connectivity index (χ2n) is 13.8. The summed E-state index contributed by atoms with van der Waals surface area (Å²) in [5, 5.41) is 1.87. The highest BCUT2D eigenvalue weighted by Crippen LogP contribution is 2.40. The molecule has 7 aromatic carbocycles. The summed E-state index contributed by atoms with van der Waals surface area (Å²) in [6, 6.07) is 61.8. The fourth-order valence-electron chi connectivity index (χ4n) is 7.53. The Balaban J connectivity index is 1.07. The molecular formula is C50H30N4O2. The number of para-hydroxylation sites is 2. The summed E-state index contributed by atoms with van der Waals surface area (Å²) in [6.07, 6.45) is 0. The van der Waals surface area contributed by atoms with Gasteiger partial charge in [0.2, 0.25) is 0 Å². The molecule has 4 heterocycles. The lowest BCUT2D eigenvalue weighted by Crippen LogP contribution is -1.96. The van der Waals surface area contributed by atoms with Gasteiger partial charge in [-0.15, -0.1) is 0 Å². The normalized spacial score (nSPS) is 11.6. The lowest BCUT2D eigenvalue weighted by molar-refractivity contribution is 0.667. The van der Waals surface area contributed by atoms with Gasteiger partial charge in [-0.05, 0) is 52.6 Å². The zero-order valence-corrected chi connectivity index (χ0v) is 29.9. The smallest absolute Gasteiger partial charge is 0.180 e. The molecule has 0 unspecified atom stereocenters. The van der Waals surface area contributed by atoms with Crippen molar-refractivity contribution < 1.29 is 8.83 Å². The summed E-state index contributed by atoms with van der Waals surface area (Å²) in [5.41, 5.74) is 13.8. The van der Waals surface area contributed by atoms with E-state index in [1.807, 2.05) is 66.7 Å².